The van der Waals surface area contributed by atoms with Gasteiger partial charge < -0.3 is 14.8 Å². The Labute approximate surface area is 110 Å². The van der Waals surface area contributed by atoms with Crippen LogP contribution in [0.5, 0.6) is 11.5 Å². The van der Waals surface area contributed by atoms with Crippen LogP contribution in [0.2, 0.25) is 0 Å². The van der Waals surface area contributed by atoms with Gasteiger partial charge in [0.25, 0.3) is 5.91 Å². The molecule has 1 aromatic rings. The van der Waals surface area contributed by atoms with Crippen LogP contribution >= 0.6 is 0 Å². The second kappa shape index (κ2) is 6.53. The predicted molar refractivity (Wildman–Crippen MR) is 67.1 cm³/mol. The lowest BCUT2D eigenvalue weighted by atomic mass is 10.1. The summed E-state index contributed by atoms with van der Waals surface area (Å²) in [5, 5.41) is 2.59. The number of hydrogen-bond donors (Lipinski definition) is 1. The molecule has 0 spiro atoms. The largest absolute Gasteiger partial charge is 0.427 e. The van der Waals surface area contributed by atoms with E-state index in [4.69, 9.17) is 9.47 Å². The zero-order valence-electron chi connectivity index (χ0n) is 11.0. The lowest BCUT2D eigenvalue weighted by molar-refractivity contribution is -0.133. The molecule has 0 atom stereocenters. The fourth-order valence-corrected chi connectivity index (χ4v) is 1.42. The number of hydrogen-bond acceptors (Lipinski definition) is 5. The molecule has 0 radical (unpaired) electrons. The summed E-state index contributed by atoms with van der Waals surface area (Å²) in [6, 6.07) is 4.21. The molecule has 19 heavy (non-hydrogen) atoms. The molecular formula is C13H15NO5. The van der Waals surface area contributed by atoms with Gasteiger partial charge in [0.2, 0.25) is 0 Å². The van der Waals surface area contributed by atoms with Gasteiger partial charge in [0, 0.05) is 20.4 Å². The molecule has 1 N–H and O–H groups in total. The quantitative estimate of drug-likeness (QED) is 0.655. The van der Waals surface area contributed by atoms with Crippen LogP contribution in [-0.2, 0) is 9.59 Å². The summed E-state index contributed by atoms with van der Waals surface area (Å²) in [6.45, 7) is 4.68. The van der Waals surface area contributed by atoms with E-state index >= 15 is 0 Å². The summed E-state index contributed by atoms with van der Waals surface area (Å²) in [4.78, 5) is 33.7. The van der Waals surface area contributed by atoms with Crippen molar-refractivity contribution in [1.82, 2.24) is 5.32 Å². The number of rotatable bonds is 4. The molecule has 0 bridgehead atoms. The Morgan fingerprint density at radius 2 is 1.74 bits per heavy atom. The Morgan fingerprint density at radius 1 is 1.11 bits per heavy atom. The highest BCUT2D eigenvalue weighted by Crippen LogP contribution is 2.24. The minimum absolute atomic E-state index is 0.120. The smallest absolute Gasteiger partial charge is 0.308 e. The zero-order valence-corrected chi connectivity index (χ0v) is 11.0. The average molecular weight is 265 g/mol. The van der Waals surface area contributed by atoms with Crippen LogP contribution in [0.1, 0.15) is 31.1 Å². The predicted octanol–water partition coefficient (Wildman–Crippen LogP) is 1.29. The lowest BCUT2D eigenvalue weighted by Crippen LogP contribution is -2.23. The zero-order chi connectivity index (χ0) is 14.4. The van der Waals surface area contributed by atoms with E-state index in [0.29, 0.717) is 6.54 Å². The van der Waals surface area contributed by atoms with E-state index in [2.05, 4.69) is 5.32 Å². The Kier molecular flexibility index (Phi) is 5.05. The van der Waals surface area contributed by atoms with E-state index in [1.165, 1.54) is 32.0 Å². The number of carbonyl (C=O) groups excluding carboxylic acids is 3. The number of carbonyl (C=O) groups is 3. The summed E-state index contributed by atoms with van der Waals surface area (Å²) in [6.07, 6.45) is 0. The standard InChI is InChI=1S/C13H15NO5/c1-4-14-13(17)11-7-10(18-8(2)15)5-6-12(11)19-9(3)16/h5-7H,4H2,1-3H3,(H,14,17). The summed E-state index contributed by atoms with van der Waals surface area (Å²) in [5.41, 5.74) is 0.135. The van der Waals surface area contributed by atoms with Gasteiger partial charge in [-0.1, -0.05) is 0 Å². The van der Waals surface area contributed by atoms with Gasteiger partial charge in [-0.05, 0) is 25.1 Å². The van der Waals surface area contributed by atoms with Crippen molar-refractivity contribution in [2.24, 2.45) is 0 Å². The van der Waals surface area contributed by atoms with Gasteiger partial charge in [-0.25, -0.2) is 0 Å². The van der Waals surface area contributed by atoms with E-state index in [0.717, 1.165) is 0 Å². The maximum absolute atomic E-state index is 11.8. The van der Waals surface area contributed by atoms with Gasteiger partial charge in [0.05, 0.1) is 5.56 Å². The van der Waals surface area contributed by atoms with Gasteiger partial charge >= 0.3 is 11.9 Å². The molecule has 0 aliphatic heterocycles. The van der Waals surface area contributed by atoms with Crippen molar-refractivity contribution in [3.8, 4) is 11.5 Å². The van der Waals surface area contributed by atoms with Crippen molar-refractivity contribution in [3.63, 3.8) is 0 Å². The average Bonchev–Trinajstić information content (AvgIpc) is 2.30. The molecule has 1 aromatic carbocycles. The Balaban J connectivity index is 3.13. The van der Waals surface area contributed by atoms with Crippen LogP contribution in [0.25, 0.3) is 0 Å². The summed E-state index contributed by atoms with van der Waals surface area (Å²) >= 11 is 0. The van der Waals surface area contributed by atoms with Crippen molar-refractivity contribution >= 4 is 17.8 Å². The number of benzene rings is 1. The van der Waals surface area contributed by atoms with Crippen molar-refractivity contribution < 1.29 is 23.9 Å². The molecule has 0 heterocycles. The molecule has 0 fully saturated rings. The second-order valence-corrected chi connectivity index (χ2v) is 3.70. The molecule has 6 heteroatoms. The Morgan fingerprint density at radius 3 is 2.26 bits per heavy atom. The van der Waals surface area contributed by atoms with E-state index in [1.807, 2.05) is 0 Å². The van der Waals surface area contributed by atoms with Crippen LogP contribution in [0.15, 0.2) is 18.2 Å². The monoisotopic (exact) mass is 265 g/mol. The van der Waals surface area contributed by atoms with Gasteiger partial charge in [0.1, 0.15) is 11.5 Å². The Bertz CT molecular complexity index is 510. The van der Waals surface area contributed by atoms with Crippen LogP contribution < -0.4 is 14.8 Å². The second-order valence-electron chi connectivity index (χ2n) is 3.70. The maximum Gasteiger partial charge on any atom is 0.308 e. The van der Waals surface area contributed by atoms with Crippen LogP contribution in [-0.4, -0.2) is 24.4 Å². The molecule has 0 aromatic heterocycles. The van der Waals surface area contributed by atoms with E-state index in [1.54, 1.807) is 6.92 Å². The summed E-state index contributed by atoms with van der Waals surface area (Å²) in [5.74, 6) is -1.11. The molecule has 1 amide bonds. The third-order valence-corrected chi connectivity index (χ3v) is 2.05. The molecule has 0 aliphatic carbocycles. The summed E-state index contributed by atoms with van der Waals surface area (Å²) < 4.78 is 9.82. The number of amides is 1. The number of nitrogens with one attached hydrogen (secondary N) is 1. The van der Waals surface area contributed by atoms with Gasteiger partial charge in [-0.3, -0.25) is 14.4 Å². The maximum atomic E-state index is 11.8. The molecule has 6 nitrogen and oxygen atoms in total. The number of ether oxygens (including phenoxy) is 2. The van der Waals surface area contributed by atoms with Gasteiger partial charge in [-0.2, -0.15) is 0 Å². The third-order valence-electron chi connectivity index (χ3n) is 2.05. The van der Waals surface area contributed by atoms with Crippen LogP contribution in [0.3, 0.4) is 0 Å². The topological polar surface area (TPSA) is 81.7 Å². The third kappa shape index (κ3) is 4.42. The first-order valence-corrected chi connectivity index (χ1v) is 5.73. The molecule has 1 rings (SSSR count). The lowest BCUT2D eigenvalue weighted by Gasteiger charge is -2.10. The normalized spacial score (nSPS) is 9.63. The van der Waals surface area contributed by atoms with Crippen molar-refractivity contribution in [2.75, 3.05) is 6.54 Å². The molecule has 0 aliphatic rings. The SMILES string of the molecule is CCNC(=O)c1cc(OC(C)=O)ccc1OC(C)=O. The fraction of sp³-hybridized carbons (Fsp3) is 0.308. The van der Waals surface area contributed by atoms with Crippen LogP contribution in [0.4, 0.5) is 0 Å². The molecule has 102 valence electrons. The van der Waals surface area contributed by atoms with E-state index in [9.17, 15) is 14.4 Å². The molecule has 0 saturated carbocycles. The van der Waals surface area contributed by atoms with Crippen molar-refractivity contribution in [3.05, 3.63) is 23.8 Å². The van der Waals surface area contributed by atoms with Crippen molar-refractivity contribution in [2.45, 2.75) is 20.8 Å². The Hall–Kier alpha value is -2.37. The highest BCUT2D eigenvalue weighted by molar-refractivity contribution is 5.98. The van der Waals surface area contributed by atoms with E-state index in [-0.39, 0.29) is 17.1 Å². The van der Waals surface area contributed by atoms with Crippen molar-refractivity contribution in [1.29, 1.82) is 0 Å². The molecule has 0 saturated heterocycles. The summed E-state index contributed by atoms with van der Waals surface area (Å²) in [7, 11) is 0. The van der Waals surface area contributed by atoms with Gasteiger partial charge in [-0.15, -0.1) is 0 Å². The van der Waals surface area contributed by atoms with E-state index < -0.39 is 17.8 Å². The van der Waals surface area contributed by atoms with Gasteiger partial charge in [0.15, 0.2) is 0 Å². The highest BCUT2D eigenvalue weighted by atomic mass is 16.5. The minimum atomic E-state index is -0.536. The highest BCUT2D eigenvalue weighted by Gasteiger charge is 2.15. The minimum Gasteiger partial charge on any atom is -0.427 e. The van der Waals surface area contributed by atoms with Crippen LogP contribution in [0, 0.1) is 0 Å². The molecular weight excluding hydrogens is 250 g/mol. The first-order valence-electron chi connectivity index (χ1n) is 5.73. The fourth-order valence-electron chi connectivity index (χ4n) is 1.42. The first kappa shape index (κ1) is 14.7. The number of esters is 2. The first-order chi connectivity index (χ1) is 8.93. The molecule has 0 unspecified atom stereocenters.